The minimum atomic E-state index is 0.352. The molecule has 0 radical (unpaired) electrons. The van der Waals surface area contributed by atoms with Crippen molar-refractivity contribution in [3.63, 3.8) is 0 Å². The fourth-order valence-corrected chi connectivity index (χ4v) is 2.88. The third-order valence-electron chi connectivity index (χ3n) is 3.94. The molecule has 3 N–H and O–H groups in total. The molecule has 1 saturated carbocycles. The highest BCUT2D eigenvalue weighted by molar-refractivity contribution is 5.02. The SMILES string of the molecule is CCCC(Cc1ccn(C2CCCCC2)n1)NN. The molecule has 1 aliphatic carbocycles. The van der Waals surface area contributed by atoms with Crippen molar-refractivity contribution in [1.82, 2.24) is 15.2 Å². The van der Waals surface area contributed by atoms with Crippen LogP contribution in [0.4, 0.5) is 0 Å². The van der Waals surface area contributed by atoms with Crippen molar-refractivity contribution in [2.24, 2.45) is 5.84 Å². The highest BCUT2D eigenvalue weighted by atomic mass is 15.3. The van der Waals surface area contributed by atoms with Crippen molar-refractivity contribution < 1.29 is 0 Å². The lowest BCUT2D eigenvalue weighted by atomic mass is 9.96. The maximum Gasteiger partial charge on any atom is 0.0640 e. The third-order valence-corrected chi connectivity index (χ3v) is 3.94. The van der Waals surface area contributed by atoms with E-state index in [4.69, 9.17) is 10.9 Å². The zero-order valence-corrected chi connectivity index (χ0v) is 11.4. The molecule has 1 fully saturated rings. The minimum absolute atomic E-state index is 0.352. The molecule has 4 heteroatoms. The van der Waals surface area contributed by atoms with Gasteiger partial charge in [0.25, 0.3) is 0 Å². The molecule has 102 valence electrons. The Hall–Kier alpha value is -0.870. The Morgan fingerprint density at radius 2 is 2.22 bits per heavy atom. The van der Waals surface area contributed by atoms with Crippen LogP contribution in [0.3, 0.4) is 0 Å². The van der Waals surface area contributed by atoms with E-state index in [1.54, 1.807) is 0 Å². The van der Waals surface area contributed by atoms with Crippen molar-refractivity contribution in [3.8, 4) is 0 Å². The summed E-state index contributed by atoms with van der Waals surface area (Å²) in [6, 6.07) is 3.13. The second-order valence-electron chi connectivity index (χ2n) is 5.44. The quantitative estimate of drug-likeness (QED) is 0.602. The summed E-state index contributed by atoms with van der Waals surface area (Å²) in [5, 5.41) is 4.73. The predicted molar refractivity (Wildman–Crippen MR) is 74.1 cm³/mol. The van der Waals surface area contributed by atoms with E-state index >= 15 is 0 Å². The Morgan fingerprint density at radius 1 is 1.44 bits per heavy atom. The standard InChI is InChI=1S/C14H26N4/c1-2-6-12(16-15)11-13-9-10-18(17-13)14-7-4-3-5-8-14/h9-10,12,14,16H,2-8,11,15H2,1H3. The number of hydrogen-bond donors (Lipinski definition) is 2. The Labute approximate surface area is 110 Å². The number of hydrogen-bond acceptors (Lipinski definition) is 3. The van der Waals surface area contributed by atoms with Crippen molar-refractivity contribution in [2.45, 2.75) is 70.4 Å². The number of nitrogens with two attached hydrogens (primary N) is 1. The molecule has 2 rings (SSSR count). The number of rotatable bonds is 6. The fourth-order valence-electron chi connectivity index (χ4n) is 2.88. The van der Waals surface area contributed by atoms with Crippen LogP contribution in [-0.4, -0.2) is 15.8 Å². The van der Waals surface area contributed by atoms with Crippen molar-refractivity contribution in [2.75, 3.05) is 0 Å². The summed E-state index contributed by atoms with van der Waals surface area (Å²) in [7, 11) is 0. The van der Waals surface area contributed by atoms with Gasteiger partial charge in [-0.2, -0.15) is 5.10 Å². The molecule has 1 aliphatic rings. The van der Waals surface area contributed by atoms with E-state index in [2.05, 4.69) is 29.3 Å². The maximum absolute atomic E-state index is 5.57. The van der Waals surface area contributed by atoms with Crippen LogP contribution in [0.5, 0.6) is 0 Å². The van der Waals surface area contributed by atoms with Crippen LogP contribution in [0.1, 0.15) is 63.6 Å². The zero-order chi connectivity index (χ0) is 12.8. The number of nitrogens with zero attached hydrogens (tertiary/aromatic N) is 2. The van der Waals surface area contributed by atoms with E-state index in [0.717, 1.165) is 25.0 Å². The molecule has 0 bridgehead atoms. The first-order chi connectivity index (χ1) is 8.83. The molecule has 0 saturated heterocycles. The molecule has 0 aromatic carbocycles. The summed E-state index contributed by atoms with van der Waals surface area (Å²) in [6.07, 6.45) is 12.0. The number of hydrazine groups is 1. The molecule has 0 aliphatic heterocycles. The molecular formula is C14H26N4. The molecule has 1 aromatic heterocycles. The fraction of sp³-hybridized carbons (Fsp3) is 0.786. The van der Waals surface area contributed by atoms with Gasteiger partial charge >= 0.3 is 0 Å². The van der Waals surface area contributed by atoms with Gasteiger partial charge in [-0.3, -0.25) is 16.0 Å². The van der Waals surface area contributed by atoms with Crippen LogP contribution in [0.15, 0.2) is 12.3 Å². The predicted octanol–water partition coefficient (Wildman–Crippen LogP) is 2.56. The van der Waals surface area contributed by atoms with Crippen LogP contribution in [0, 0.1) is 0 Å². The van der Waals surface area contributed by atoms with Crippen molar-refractivity contribution >= 4 is 0 Å². The van der Waals surface area contributed by atoms with Gasteiger partial charge < -0.3 is 0 Å². The summed E-state index contributed by atoms with van der Waals surface area (Å²) in [5.74, 6) is 5.57. The maximum atomic E-state index is 5.57. The average Bonchev–Trinajstić information content (AvgIpc) is 2.88. The first-order valence-electron chi connectivity index (χ1n) is 7.33. The van der Waals surface area contributed by atoms with E-state index in [0.29, 0.717) is 12.1 Å². The highest BCUT2D eigenvalue weighted by Crippen LogP contribution is 2.27. The van der Waals surface area contributed by atoms with Crippen molar-refractivity contribution in [3.05, 3.63) is 18.0 Å². The highest BCUT2D eigenvalue weighted by Gasteiger charge is 2.16. The smallest absolute Gasteiger partial charge is 0.0640 e. The monoisotopic (exact) mass is 250 g/mol. The number of nitrogens with one attached hydrogen (secondary N) is 1. The summed E-state index contributed by atoms with van der Waals surface area (Å²) in [6.45, 7) is 2.19. The topological polar surface area (TPSA) is 55.9 Å². The Morgan fingerprint density at radius 3 is 2.89 bits per heavy atom. The van der Waals surface area contributed by atoms with Gasteiger partial charge in [-0.25, -0.2) is 0 Å². The van der Waals surface area contributed by atoms with E-state index in [-0.39, 0.29) is 0 Å². The van der Waals surface area contributed by atoms with Crippen LogP contribution >= 0.6 is 0 Å². The summed E-state index contributed by atoms with van der Waals surface area (Å²) in [4.78, 5) is 0. The molecular weight excluding hydrogens is 224 g/mol. The average molecular weight is 250 g/mol. The molecule has 1 aromatic rings. The van der Waals surface area contributed by atoms with Gasteiger partial charge in [0.15, 0.2) is 0 Å². The van der Waals surface area contributed by atoms with Crippen molar-refractivity contribution in [1.29, 1.82) is 0 Å². The van der Waals surface area contributed by atoms with Gasteiger partial charge in [-0.1, -0.05) is 32.6 Å². The Balaban J connectivity index is 1.92. The first-order valence-corrected chi connectivity index (χ1v) is 7.33. The summed E-state index contributed by atoms with van der Waals surface area (Å²) in [5.41, 5.74) is 4.05. The van der Waals surface area contributed by atoms with E-state index < -0.39 is 0 Å². The van der Waals surface area contributed by atoms with Crippen LogP contribution in [0.25, 0.3) is 0 Å². The van der Waals surface area contributed by atoms with Crippen LogP contribution in [-0.2, 0) is 6.42 Å². The Kier molecular flexibility index (Phi) is 5.20. The molecule has 1 unspecified atom stereocenters. The molecule has 18 heavy (non-hydrogen) atoms. The van der Waals surface area contributed by atoms with Gasteiger partial charge in [0.05, 0.1) is 11.7 Å². The largest absolute Gasteiger partial charge is 0.271 e. The molecule has 1 heterocycles. The lowest BCUT2D eigenvalue weighted by Crippen LogP contribution is -2.36. The zero-order valence-electron chi connectivity index (χ0n) is 11.4. The van der Waals surface area contributed by atoms with Crippen LogP contribution in [0.2, 0.25) is 0 Å². The first kappa shape index (κ1) is 13.6. The van der Waals surface area contributed by atoms with E-state index in [9.17, 15) is 0 Å². The summed E-state index contributed by atoms with van der Waals surface area (Å²) < 4.78 is 2.17. The van der Waals surface area contributed by atoms with Gasteiger partial charge in [0, 0.05) is 18.7 Å². The summed E-state index contributed by atoms with van der Waals surface area (Å²) >= 11 is 0. The van der Waals surface area contributed by atoms with Gasteiger partial charge in [-0.05, 0) is 25.3 Å². The second kappa shape index (κ2) is 6.90. The number of aromatic nitrogens is 2. The lowest BCUT2D eigenvalue weighted by molar-refractivity contribution is 0.327. The minimum Gasteiger partial charge on any atom is -0.271 e. The molecule has 0 amide bonds. The lowest BCUT2D eigenvalue weighted by Gasteiger charge is -2.22. The van der Waals surface area contributed by atoms with Gasteiger partial charge in [-0.15, -0.1) is 0 Å². The molecule has 1 atom stereocenters. The van der Waals surface area contributed by atoms with E-state index in [1.165, 1.54) is 32.1 Å². The van der Waals surface area contributed by atoms with Gasteiger partial charge in [0.2, 0.25) is 0 Å². The van der Waals surface area contributed by atoms with E-state index in [1.807, 2.05) is 0 Å². The Bertz CT molecular complexity index is 341. The van der Waals surface area contributed by atoms with Crippen LogP contribution < -0.4 is 11.3 Å². The van der Waals surface area contributed by atoms with Gasteiger partial charge in [0.1, 0.15) is 0 Å². The normalized spacial score (nSPS) is 19.0. The second-order valence-corrected chi connectivity index (χ2v) is 5.44. The molecule has 4 nitrogen and oxygen atoms in total. The third kappa shape index (κ3) is 3.56. The molecule has 0 spiro atoms.